The Morgan fingerprint density at radius 3 is 2.54 bits per heavy atom. The van der Waals surface area contributed by atoms with Crippen LogP contribution < -0.4 is 0 Å². The van der Waals surface area contributed by atoms with Gasteiger partial charge in [-0.15, -0.1) is 0 Å². The number of sulfonamides is 1. The average Bonchev–Trinajstić information content (AvgIpc) is 2.58. The SMILES string of the molecule is O=S(=O)(c1cc(F)ccc1F)N1CCN(C[C@H]2CCCCO2)CC1. The Hall–Kier alpha value is -1.09. The highest BCUT2D eigenvalue weighted by Crippen LogP contribution is 2.22. The maximum atomic E-state index is 13.8. The van der Waals surface area contributed by atoms with Crippen LogP contribution in [0, 0.1) is 11.6 Å². The highest BCUT2D eigenvalue weighted by molar-refractivity contribution is 7.89. The Kier molecular flexibility index (Phi) is 5.49. The summed E-state index contributed by atoms with van der Waals surface area (Å²) in [6.07, 6.45) is 3.51. The summed E-state index contributed by atoms with van der Waals surface area (Å²) in [6, 6.07) is 2.50. The fraction of sp³-hybridized carbons (Fsp3) is 0.625. The van der Waals surface area contributed by atoms with Gasteiger partial charge in [-0.2, -0.15) is 4.31 Å². The topological polar surface area (TPSA) is 49.9 Å². The fourth-order valence-electron chi connectivity index (χ4n) is 3.21. The van der Waals surface area contributed by atoms with Crippen molar-refractivity contribution in [3.05, 3.63) is 29.8 Å². The van der Waals surface area contributed by atoms with Gasteiger partial charge < -0.3 is 4.74 Å². The van der Waals surface area contributed by atoms with Gasteiger partial charge >= 0.3 is 0 Å². The molecule has 0 radical (unpaired) electrons. The van der Waals surface area contributed by atoms with Crippen LogP contribution in [0.5, 0.6) is 0 Å². The minimum Gasteiger partial charge on any atom is -0.377 e. The first-order valence-electron chi connectivity index (χ1n) is 8.26. The van der Waals surface area contributed by atoms with Crippen LogP contribution in [0.1, 0.15) is 19.3 Å². The first kappa shape index (κ1) is 17.7. The van der Waals surface area contributed by atoms with Gasteiger partial charge in [-0.3, -0.25) is 4.90 Å². The van der Waals surface area contributed by atoms with E-state index in [1.165, 1.54) is 4.31 Å². The first-order chi connectivity index (χ1) is 11.5. The van der Waals surface area contributed by atoms with Crippen molar-refractivity contribution in [2.45, 2.75) is 30.3 Å². The van der Waals surface area contributed by atoms with Crippen molar-refractivity contribution < 1.29 is 21.9 Å². The summed E-state index contributed by atoms with van der Waals surface area (Å²) < 4.78 is 59.1. The van der Waals surface area contributed by atoms with E-state index >= 15 is 0 Å². The second-order valence-electron chi connectivity index (χ2n) is 6.27. The van der Waals surface area contributed by atoms with Crippen LogP contribution in [-0.4, -0.2) is 63.1 Å². The Bertz CT molecular complexity index is 670. The highest BCUT2D eigenvalue weighted by atomic mass is 32.2. The molecular formula is C16H22F2N2O3S. The highest BCUT2D eigenvalue weighted by Gasteiger charge is 2.31. The van der Waals surface area contributed by atoms with Gasteiger partial charge in [-0.1, -0.05) is 0 Å². The van der Waals surface area contributed by atoms with E-state index in [2.05, 4.69) is 4.90 Å². The predicted molar refractivity (Wildman–Crippen MR) is 85.1 cm³/mol. The monoisotopic (exact) mass is 360 g/mol. The lowest BCUT2D eigenvalue weighted by Gasteiger charge is -2.36. The van der Waals surface area contributed by atoms with Crippen molar-refractivity contribution in [3.8, 4) is 0 Å². The lowest BCUT2D eigenvalue weighted by molar-refractivity contribution is -0.0103. The molecule has 0 N–H and O–H groups in total. The predicted octanol–water partition coefficient (Wildman–Crippen LogP) is 1.84. The maximum Gasteiger partial charge on any atom is 0.246 e. The number of ether oxygens (including phenoxy) is 1. The van der Waals surface area contributed by atoms with E-state index in [1.54, 1.807) is 0 Å². The molecule has 2 aliphatic rings. The van der Waals surface area contributed by atoms with E-state index in [-0.39, 0.29) is 19.2 Å². The molecule has 134 valence electrons. The van der Waals surface area contributed by atoms with Crippen LogP contribution in [0.15, 0.2) is 23.1 Å². The molecule has 1 atom stereocenters. The standard InChI is InChI=1S/C16H22F2N2O3S/c17-13-4-5-15(18)16(11-13)24(21,22)20-8-6-19(7-9-20)12-14-3-1-2-10-23-14/h4-5,11,14H,1-3,6-10,12H2/t14-/m1/s1. The maximum absolute atomic E-state index is 13.8. The van der Waals surface area contributed by atoms with Crippen LogP contribution in [-0.2, 0) is 14.8 Å². The summed E-state index contributed by atoms with van der Waals surface area (Å²) in [7, 11) is -4.01. The van der Waals surface area contributed by atoms with Gasteiger partial charge in [0.15, 0.2) is 0 Å². The molecule has 0 aromatic heterocycles. The number of rotatable bonds is 4. The molecular weight excluding hydrogens is 338 g/mol. The minimum atomic E-state index is -4.01. The van der Waals surface area contributed by atoms with Gasteiger partial charge in [0, 0.05) is 39.3 Å². The number of halogens is 2. The summed E-state index contributed by atoms with van der Waals surface area (Å²) in [5.74, 6) is -1.68. The molecule has 2 fully saturated rings. The third kappa shape index (κ3) is 3.93. The smallest absolute Gasteiger partial charge is 0.246 e. The summed E-state index contributed by atoms with van der Waals surface area (Å²) in [4.78, 5) is 1.58. The van der Waals surface area contributed by atoms with Gasteiger partial charge in [-0.05, 0) is 37.5 Å². The van der Waals surface area contributed by atoms with E-state index in [4.69, 9.17) is 4.74 Å². The zero-order valence-corrected chi connectivity index (χ0v) is 14.3. The number of piperazine rings is 1. The Morgan fingerprint density at radius 2 is 1.88 bits per heavy atom. The summed E-state index contributed by atoms with van der Waals surface area (Å²) in [5, 5.41) is 0. The van der Waals surface area contributed by atoms with E-state index in [9.17, 15) is 17.2 Å². The molecule has 0 aliphatic carbocycles. The van der Waals surface area contributed by atoms with Gasteiger partial charge in [-0.25, -0.2) is 17.2 Å². The second kappa shape index (κ2) is 7.43. The quantitative estimate of drug-likeness (QED) is 0.822. The molecule has 2 heterocycles. The molecule has 8 heteroatoms. The van der Waals surface area contributed by atoms with Gasteiger partial charge in [0.1, 0.15) is 16.5 Å². The molecule has 0 amide bonds. The van der Waals surface area contributed by atoms with Crippen LogP contribution in [0.2, 0.25) is 0 Å². The number of hydrogen-bond donors (Lipinski definition) is 0. The third-order valence-electron chi connectivity index (χ3n) is 4.58. The Labute approximate surface area is 141 Å². The van der Waals surface area contributed by atoms with Crippen molar-refractivity contribution in [3.63, 3.8) is 0 Å². The lowest BCUT2D eigenvalue weighted by Crippen LogP contribution is -2.50. The van der Waals surface area contributed by atoms with E-state index < -0.39 is 26.6 Å². The fourth-order valence-corrected chi connectivity index (χ4v) is 4.70. The molecule has 24 heavy (non-hydrogen) atoms. The largest absolute Gasteiger partial charge is 0.377 e. The van der Waals surface area contributed by atoms with Crippen molar-refractivity contribution in [2.75, 3.05) is 39.3 Å². The second-order valence-corrected chi connectivity index (χ2v) is 8.17. The molecule has 2 aliphatic heterocycles. The molecule has 5 nitrogen and oxygen atoms in total. The van der Waals surface area contributed by atoms with Crippen molar-refractivity contribution in [1.29, 1.82) is 0 Å². The summed E-state index contributed by atoms with van der Waals surface area (Å²) >= 11 is 0. The third-order valence-corrected chi connectivity index (χ3v) is 6.49. The molecule has 0 spiro atoms. The van der Waals surface area contributed by atoms with Gasteiger partial charge in [0.05, 0.1) is 6.10 Å². The average molecular weight is 360 g/mol. The summed E-state index contributed by atoms with van der Waals surface area (Å²) in [5.41, 5.74) is 0. The zero-order valence-electron chi connectivity index (χ0n) is 13.5. The van der Waals surface area contributed by atoms with E-state index in [0.29, 0.717) is 13.1 Å². The molecule has 2 saturated heterocycles. The molecule has 3 rings (SSSR count). The minimum absolute atomic E-state index is 0.211. The summed E-state index contributed by atoms with van der Waals surface area (Å²) in [6.45, 7) is 3.25. The van der Waals surface area contributed by atoms with Gasteiger partial charge in [0.2, 0.25) is 10.0 Å². The molecule has 0 bridgehead atoms. The van der Waals surface area contributed by atoms with E-state index in [1.807, 2.05) is 0 Å². The number of hydrogen-bond acceptors (Lipinski definition) is 4. The zero-order chi connectivity index (χ0) is 17.2. The Balaban J connectivity index is 1.62. The van der Waals surface area contributed by atoms with Crippen LogP contribution >= 0.6 is 0 Å². The molecule has 0 unspecified atom stereocenters. The number of benzene rings is 1. The van der Waals surface area contributed by atoms with Crippen molar-refractivity contribution >= 4 is 10.0 Å². The van der Waals surface area contributed by atoms with E-state index in [0.717, 1.165) is 50.6 Å². The number of nitrogens with zero attached hydrogens (tertiary/aromatic N) is 2. The van der Waals surface area contributed by atoms with Crippen LogP contribution in [0.3, 0.4) is 0 Å². The molecule has 1 aromatic rings. The van der Waals surface area contributed by atoms with Crippen molar-refractivity contribution in [2.24, 2.45) is 0 Å². The lowest BCUT2D eigenvalue weighted by atomic mass is 10.1. The Morgan fingerprint density at radius 1 is 1.12 bits per heavy atom. The van der Waals surface area contributed by atoms with Crippen molar-refractivity contribution in [1.82, 2.24) is 9.21 Å². The van der Waals surface area contributed by atoms with Gasteiger partial charge in [0.25, 0.3) is 0 Å². The first-order valence-corrected chi connectivity index (χ1v) is 9.70. The molecule has 1 aromatic carbocycles. The normalized spacial score (nSPS) is 24.2. The van der Waals surface area contributed by atoms with Crippen LogP contribution in [0.4, 0.5) is 8.78 Å². The molecule has 0 saturated carbocycles. The van der Waals surface area contributed by atoms with Crippen LogP contribution in [0.25, 0.3) is 0 Å².